The Morgan fingerprint density at radius 2 is 1.17 bits per heavy atom. The van der Waals surface area contributed by atoms with Crippen molar-refractivity contribution in [2.24, 2.45) is 0 Å². The SMILES string of the molecule is Nc1ccc(C(=O)c2cc(C(F)(F)F)c(N)c(C(F)(F)F)c2)cc1. The molecule has 0 amide bonds. The quantitative estimate of drug-likeness (QED) is 0.487. The van der Waals surface area contributed by atoms with Crippen LogP contribution in [0.1, 0.15) is 27.0 Å². The molecule has 0 saturated heterocycles. The van der Waals surface area contributed by atoms with E-state index in [1.807, 2.05) is 0 Å². The van der Waals surface area contributed by atoms with Gasteiger partial charge in [-0.05, 0) is 36.4 Å². The van der Waals surface area contributed by atoms with Crippen LogP contribution in [0.2, 0.25) is 0 Å². The van der Waals surface area contributed by atoms with Crippen molar-refractivity contribution in [1.29, 1.82) is 0 Å². The van der Waals surface area contributed by atoms with E-state index in [0.717, 1.165) is 0 Å². The molecule has 0 atom stereocenters. The summed E-state index contributed by atoms with van der Waals surface area (Å²) in [5.41, 5.74) is 4.96. The zero-order valence-electron chi connectivity index (χ0n) is 11.8. The number of rotatable bonds is 2. The minimum atomic E-state index is -5.14. The number of nitrogen functional groups attached to an aromatic ring is 2. The fraction of sp³-hybridized carbons (Fsp3) is 0.133. The maximum absolute atomic E-state index is 12.9. The van der Waals surface area contributed by atoms with E-state index in [2.05, 4.69) is 0 Å². The Kier molecular flexibility index (Phi) is 4.21. The lowest BCUT2D eigenvalue weighted by Gasteiger charge is -2.17. The highest BCUT2D eigenvalue weighted by Crippen LogP contribution is 2.42. The normalized spacial score (nSPS) is 12.2. The summed E-state index contributed by atoms with van der Waals surface area (Å²) >= 11 is 0. The smallest absolute Gasteiger partial charge is 0.399 e. The number of nitrogens with two attached hydrogens (primary N) is 2. The fourth-order valence-electron chi connectivity index (χ4n) is 2.05. The molecule has 0 aliphatic carbocycles. The van der Waals surface area contributed by atoms with E-state index in [-0.39, 0.29) is 11.3 Å². The van der Waals surface area contributed by atoms with Gasteiger partial charge in [-0.1, -0.05) is 0 Å². The number of halogens is 6. The summed E-state index contributed by atoms with van der Waals surface area (Å²) in [4.78, 5) is 12.2. The van der Waals surface area contributed by atoms with Crippen molar-refractivity contribution in [1.82, 2.24) is 0 Å². The summed E-state index contributed by atoms with van der Waals surface area (Å²) in [6.07, 6.45) is -10.3. The highest BCUT2D eigenvalue weighted by Gasteiger charge is 2.41. The maximum atomic E-state index is 12.9. The second-order valence-corrected chi connectivity index (χ2v) is 4.93. The lowest BCUT2D eigenvalue weighted by atomic mass is 9.96. The van der Waals surface area contributed by atoms with Crippen LogP contribution in [0.4, 0.5) is 37.7 Å². The first-order valence-electron chi connectivity index (χ1n) is 6.39. The number of alkyl halides is 6. The van der Waals surface area contributed by atoms with Crippen molar-refractivity contribution >= 4 is 17.2 Å². The Morgan fingerprint density at radius 3 is 1.54 bits per heavy atom. The molecule has 0 aromatic heterocycles. The van der Waals surface area contributed by atoms with Crippen LogP contribution in [0.15, 0.2) is 36.4 Å². The average Bonchev–Trinajstić information content (AvgIpc) is 2.45. The Morgan fingerprint density at radius 1 is 0.750 bits per heavy atom. The largest absolute Gasteiger partial charge is 0.418 e. The molecule has 0 fully saturated rings. The van der Waals surface area contributed by atoms with E-state index < -0.39 is 40.5 Å². The third-order valence-electron chi connectivity index (χ3n) is 3.23. The first-order valence-corrected chi connectivity index (χ1v) is 6.39. The monoisotopic (exact) mass is 348 g/mol. The maximum Gasteiger partial charge on any atom is 0.418 e. The standard InChI is InChI=1S/C15H10F6N2O/c16-14(17,18)10-5-8(6-11(12(10)23)15(19,20)21)13(24)7-1-3-9(22)4-2-7/h1-6H,22-23H2. The molecule has 3 nitrogen and oxygen atoms in total. The van der Waals surface area contributed by atoms with Crippen LogP contribution < -0.4 is 11.5 Å². The Hall–Kier alpha value is -2.71. The molecule has 0 unspecified atom stereocenters. The topological polar surface area (TPSA) is 69.1 Å². The van der Waals surface area contributed by atoms with E-state index in [4.69, 9.17) is 11.5 Å². The number of benzene rings is 2. The summed E-state index contributed by atoms with van der Waals surface area (Å²) in [5, 5.41) is 0. The minimum Gasteiger partial charge on any atom is -0.399 e. The fourth-order valence-corrected chi connectivity index (χ4v) is 2.05. The van der Waals surface area contributed by atoms with Gasteiger partial charge >= 0.3 is 12.4 Å². The molecule has 0 spiro atoms. The molecule has 0 bridgehead atoms. The molecule has 24 heavy (non-hydrogen) atoms. The number of hydrogen-bond acceptors (Lipinski definition) is 3. The predicted molar refractivity (Wildman–Crippen MR) is 75.1 cm³/mol. The van der Waals surface area contributed by atoms with Gasteiger partial charge in [0.1, 0.15) is 0 Å². The van der Waals surface area contributed by atoms with Gasteiger partial charge in [0.15, 0.2) is 5.78 Å². The van der Waals surface area contributed by atoms with Crippen LogP contribution in [-0.2, 0) is 12.4 Å². The van der Waals surface area contributed by atoms with Gasteiger partial charge in [-0.3, -0.25) is 4.79 Å². The van der Waals surface area contributed by atoms with E-state index in [9.17, 15) is 31.1 Å². The van der Waals surface area contributed by atoms with Crippen molar-refractivity contribution in [2.75, 3.05) is 11.5 Å². The number of hydrogen-bond donors (Lipinski definition) is 2. The van der Waals surface area contributed by atoms with Gasteiger partial charge in [0.25, 0.3) is 0 Å². The van der Waals surface area contributed by atoms with Gasteiger partial charge in [0.05, 0.1) is 16.8 Å². The van der Waals surface area contributed by atoms with Gasteiger partial charge in [-0.15, -0.1) is 0 Å². The number of ketones is 1. The van der Waals surface area contributed by atoms with Crippen LogP contribution in [0.5, 0.6) is 0 Å². The second kappa shape index (κ2) is 5.73. The van der Waals surface area contributed by atoms with E-state index in [1.54, 1.807) is 0 Å². The summed E-state index contributed by atoms with van der Waals surface area (Å²) in [5.74, 6) is -1.01. The summed E-state index contributed by atoms with van der Waals surface area (Å²) < 4.78 is 77.6. The second-order valence-electron chi connectivity index (χ2n) is 4.93. The highest BCUT2D eigenvalue weighted by atomic mass is 19.4. The lowest BCUT2D eigenvalue weighted by molar-refractivity contribution is -0.141. The Bertz CT molecular complexity index is 743. The molecule has 0 heterocycles. The van der Waals surface area contributed by atoms with Gasteiger partial charge in [0.2, 0.25) is 0 Å². The number of anilines is 2. The van der Waals surface area contributed by atoms with E-state index >= 15 is 0 Å². The van der Waals surface area contributed by atoms with Crippen molar-refractivity contribution in [3.05, 3.63) is 58.7 Å². The third kappa shape index (κ3) is 3.44. The van der Waals surface area contributed by atoms with E-state index in [1.165, 1.54) is 24.3 Å². The van der Waals surface area contributed by atoms with E-state index in [0.29, 0.717) is 12.1 Å². The molecule has 2 aromatic carbocycles. The Balaban J connectivity index is 2.66. The zero-order chi connectivity index (χ0) is 18.3. The minimum absolute atomic E-state index is 0.102. The van der Waals surface area contributed by atoms with Crippen molar-refractivity contribution in [3.63, 3.8) is 0 Å². The Labute approximate surface area is 131 Å². The van der Waals surface area contributed by atoms with Gasteiger partial charge < -0.3 is 11.5 Å². The highest BCUT2D eigenvalue weighted by molar-refractivity contribution is 6.09. The molecule has 0 aliphatic rings. The molecular formula is C15H10F6N2O. The van der Waals surface area contributed by atoms with Crippen LogP contribution in [0, 0.1) is 0 Å². The predicted octanol–water partition coefficient (Wildman–Crippen LogP) is 4.12. The lowest BCUT2D eigenvalue weighted by Crippen LogP contribution is -2.18. The molecule has 0 radical (unpaired) electrons. The average molecular weight is 348 g/mol. The molecular weight excluding hydrogens is 338 g/mol. The van der Waals surface area contributed by atoms with Gasteiger partial charge in [0, 0.05) is 16.8 Å². The van der Waals surface area contributed by atoms with Crippen molar-refractivity contribution in [2.45, 2.75) is 12.4 Å². The molecule has 0 aliphatic heterocycles. The molecule has 9 heteroatoms. The summed E-state index contributed by atoms with van der Waals surface area (Å²) in [6.45, 7) is 0. The summed E-state index contributed by atoms with van der Waals surface area (Å²) in [7, 11) is 0. The number of carbonyl (C=O) groups excluding carboxylic acids is 1. The number of carbonyl (C=O) groups is 1. The molecule has 128 valence electrons. The van der Waals surface area contributed by atoms with Crippen molar-refractivity contribution < 1.29 is 31.1 Å². The molecule has 0 saturated carbocycles. The van der Waals surface area contributed by atoms with Crippen LogP contribution >= 0.6 is 0 Å². The third-order valence-corrected chi connectivity index (χ3v) is 3.23. The molecule has 2 rings (SSSR count). The molecule has 2 aromatic rings. The van der Waals surface area contributed by atoms with Gasteiger partial charge in [-0.25, -0.2) is 0 Å². The van der Waals surface area contributed by atoms with Gasteiger partial charge in [-0.2, -0.15) is 26.3 Å². The van der Waals surface area contributed by atoms with Crippen LogP contribution in [0.3, 0.4) is 0 Å². The first-order chi connectivity index (χ1) is 10.9. The van der Waals surface area contributed by atoms with Crippen molar-refractivity contribution in [3.8, 4) is 0 Å². The molecule has 4 N–H and O–H groups in total. The zero-order valence-corrected chi connectivity index (χ0v) is 11.8. The first kappa shape index (κ1) is 17.6. The van der Waals surface area contributed by atoms with Crippen LogP contribution in [-0.4, -0.2) is 5.78 Å². The summed E-state index contributed by atoms with van der Waals surface area (Å²) in [6, 6.07) is 5.63. The van der Waals surface area contributed by atoms with Crippen LogP contribution in [0.25, 0.3) is 0 Å².